The van der Waals surface area contributed by atoms with Crippen LogP contribution in [0.1, 0.15) is 11.1 Å². The quantitative estimate of drug-likeness (QED) is 0.220. The zero-order valence-electron chi connectivity index (χ0n) is 17.2. The molecule has 162 valence electrons. The van der Waals surface area contributed by atoms with E-state index < -0.39 is 21.0 Å². The average Bonchev–Trinajstić information content (AvgIpc) is 2.74. The molecule has 0 aliphatic heterocycles. The van der Waals surface area contributed by atoms with Gasteiger partial charge in [-0.3, -0.25) is 4.79 Å². The summed E-state index contributed by atoms with van der Waals surface area (Å²) in [5, 5.41) is -0.733. The van der Waals surface area contributed by atoms with E-state index in [1.807, 2.05) is 32.0 Å². The Morgan fingerprint density at radius 1 is 0.906 bits per heavy atom. The zero-order chi connectivity index (χ0) is 23.0. The number of rotatable bonds is 4. The second kappa shape index (κ2) is 8.26. The first-order valence-corrected chi connectivity index (χ1v) is 11.5. The maximum absolute atomic E-state index is 13.2. The molecule has 0 saturated heterocycles. The van der Waals surface area contributed by atoms with Crippen molar-refractivity contribution in [3.63, 3.8) is 0 Å². The summed E-state index contributed by atoms with van der Waals surface area (Å²) < 4.78 is 32.3. The van der Waals surface area contributed by atoms with Crippen molar-refractivity contribution in [1.82, 2.24) is 0 Å². The van der Waals surface area contributed by atoms with Gasteiger partial charge in [-0.2, -0.15) is 4.31 Å². The summed E-state index contributed by atoms with van der Waals surface area (Å²) in [5.41, 5.74) is 2.56. The Morgan fingerprint density at radius 2 is 1.59 bits per heavy atom. The highest BCUT2D eigenvalue weighted by Crippen LogP contribution is 2.30. The number of hydrogen-bond donors (Lipinski definition) is 0. The lowest BCUT2D eigenvalue weighted by molar-refractivity contribution is 0.266. The van der Waals surface area contributed by atoms with Crippen LogP contribution < -0.4 is 9.93 Å². The molecule has 0 spiro atoms. The monoisotopic (exact) mass is 467 g/mol. The minimum Gasteiger partial charge on any atom is -0.422 e. The molecule has 0 saturated carbocycles. The molecule has 1 aromatic heterocycles. The van der Waals surface area contributed by atoms with Gasteiger partial charge in [0.25, 0.3) is 10.0 Å². The molecule has 0 N–H and O–H groups in total. The summed E-state index contributed by atoms with van der Waals surface area (Å²) in [6.45, 7) is 3.70. The number of aryl methyl sites for hydroxylation is 2. The van der Waals surface area contributed by atoms with Crippen LogP contribution in [0.5, 0.6) is 0 Å². The molecule has 8 heteroatoms. The summed E-state index contributed by atoms with van der Waals surface area (Å²) in [5.74, 6) is 0. The molecular formula is C24H18ClNO5S. The van der Waals surface area contributed by atoms with Gasteiger partial charge in [0.15, 0.2) is 0 Å². The van der Waals surface area contributed by atoms with Gasteiger partial charge in [0.1, 0.15) is 5.58 Å². The van der Waals surface area contributed by atoms with Gasteiger partial charge >= 0.3 is 11.0 Å². The number of fused-ring (bicyclic) bond motifs is 1. The second-order valence-electron chi connectivity index (χ2n) is 7.32. The summed E-state index contributed by atoms with van der Waals surface area (Å²) in [6, 6.07) is 19.3. The predicted molar refractivity (Wildman–Crippen MR) is 125 cm³/mol. The smallest absolute Gasteiger partial charge is 0.344 e. The van der Waals surface area contributed by atoms with Gasteiger partial charge in [-0.05, 0) is 73.0 Å². The maximum Gasteiger partial charge on any atom is 0.344 e. The Bertz CT molecular complexity index is 1510. The normalized spacial score (nSPS) is 11.5. The van der Waals surface area contributed by atoms with Crippen LogP contribution in [-0.4, -0.2) is 13.8 Å². The molecule has 1 heterocycles. The van der Waals surface area contributed by atoms with Crippen molar-refractivity contribution in [1.29, 1.82) is 0 Å². The fraction of sp³-hybridized carbons (Fsp3) is 0.0833. The standard InChI is InChI=1S/C24H18ClNO5S/c1-15-7-10-19(11-8-15)32(29,30)26(24(25)28)18-9-12-22-17(13-18)14-21(23(27)31-22)20-6-4-3-5-16(20)2/h3-14H,1-2H3. The molecule has 0 aliphatic rings. The van der Waals surface area contributed by atoms with E-state index in [0.717, 1.165) is 11.1 Å². The van der Waals surface area contributed by atoms with Crippen molar-refractivity contribution in [3.05, 3.63) is 94.3 Å². The first kappa shape index (κ1) is 21.8. The molecule has 0 aliphatic carbocycles. The van der Waals surface area contributed by atoms with Gasteiger partial charge in [0, 0.05) is 5.39 Å². The van der Waals surface area contributed by atoms with E-state index in [-0.39, 0.29) is 16.2 Å². The molecule has 32 heavy (non-hydrogen) atoms. The van der Waals surface area contributed by atoms with E-state index in [4.69, 9.17) is 16.0 Å². The Balaban J connectivity index is 1.88. The molecular weight excluding hydrogens is 450 g/mol. The summed E-state index contributed by atoms with van der Waals surface area (Å²) >= 11 is 5.70. The van der Waals surface area contributed by atoms with Crippen LogP contribution in [-0.2, 0) is 10.0 Å². The maximum atomic E-state index is 13.2. The van der Waals surface area contributed by atoms with Crippen molar-refractivity contribution in [2.24, 2.45) is 0 Å². The lowest BCUT2D eigenvalue weighted by atomic mass is 10.0. The third-order valence-electron chi connectivity index (χ3n) is 5.10. The van der Waals surface area contributed by atoms with Crippen molar-refractivity contribution in [2.45, 2.75) is 18.7 Å². The predicted octanol–water partition coefficient (Wildman–Crippen LogP) is 5.63. The lowest BCUT2D eigenvalue weighted by Crippen LogP contribution is -2.33. The van der Waals surface area contributed by atoms with Gasteiger partial charge in [-0.1, -0.05) is 42.0 Å². The van der Waals surface area contributed by atoms with Crippen molar-refractivity contribution < 1.29 is 17.6 Å². The highest BCUT2D eigenvalue weighted by Gasteiger charge is 2.30. The number of halogens is 1. The average molecular weight is 468 g/mol. The topological polar surface area (TPSA) is 84.7 Å². The Morgan fingerprint density at radius 3 is 2.25 bits per heavy atom. The van der Waals surface area contributed by atoms with E-state index in [1.165, 1.54) is 30.3 Å². The fourth-order valence-corrected chi connectivity index (χ4v) is 5.09. The van der Waals surface area contributed by atoms with Crippen LogP contribution in [0.2, 0.25) is 0 Å². The number of benzene rings is 3. The number of nitrogens with zero attached hydrogens (tertiary/aromatic N) is 1. The first-order chi connectivity index (χ1) is 15.2. The van der Waals surface area contributed by atoms with Crippen LogP contribution in [0.3, 0.4) is 0 Å². The minimum absolute atomic E-state index is 0.0302. The number of anilines is 1. The number of hydrogen-bond acceptors (Lipinski definition) is 5. The molecule has 6 nitrogen and oxygen atoms in total. The SMILES string of the molecule is Cc1ccc(S(=O)(=O)N(C(=O)Cl)c2ccc3oc(=O)c(-c4ccccc4C)cc3c2)cc1. The third-order valence-corrected chi connectivity index (χ3v) is 7.10. The molecule has 1 amide bonds. The van der Waals surface area contributed by atoms with Gasteiger partial charge in [0.05, 0.1) is 16.1 Å². The molecule has 3 aromatic carbocycles. The molecule has 4 aromatic rings. The Hall–Kier alpha value is -3.42. The summed E-state index contributed by atoms with van der Waals surface area (Å²) in [4.78, 5) is 24.7. The van der Waals surface area contributed by atoms with Crippen LogP contribution in [0.15, 0.2) is 86.9 Å². The van der Waals surface area contributed by atoms with E-state index >= 15 is 0 Å². The van der Waals surface area contributed by atoms with Gasteiger partial charge in [-0.25, -0.2) is 13.2 Å². The van der Waals surface area contributed by atoms with Gasteiger partial charge in [0.2, 0.25) is 0 Å². The summed E-state index contributed by atoms with van der Waals surface area (Å²) in [7, 11) is -4.26. The van der Waals surface area contributed by atoms with E-state index in [2.05, 4.69) is 0 Å². The number of amides is 1. The molecule has 0 unspecified atom stereocenters. The van der Waals surface area contributed by atoms with Gasteiger partial charge in [-0.15, -0.1) is 0 Å². The highest BCUT2D eigenvalue weighted by atomic mass is 35.5. The molecule has 0 fully saturated rings. The van der Waals surface area contributed by atoms with Crippen LogP contribution in [0, 0.1) is 13.8 Å². The van der Waals surface area contributed by atoms with Crippen molar-refractivity contribution in [2.75, 3.05) is 4.31 Å². The van der Waals surface area contributed by atoms with Crippen LogP contribution in [0.25, 0.3) is 22.1 Å². The van der Waals surface area contributed by atoms with E-state index in [9.17, 15) is 18.0 Å². The number of carbonyl (C=O) groups is 1. The van der Waals surface area contributed by atoms with Crippen molar-refractivity contribution in [3.8, 4) is 11.1 Å². The van der Waals surface area contributed by atoms with Crippen molar-refractivity contribution >= 4 is 43.6 Å². The first-order valence-electron chi connectivity index (χ1n) is 9.64. The lowest BCUT2D eigenvalue weighted by Gasteiger charge is -2.20. The van der Waals surface area contributed by atoms with E-state index in [0.29, 0.717) is 20.8 Å². The number of sulfonamides is 1. The van der Waals surface area contributed by atoms with Crippen LogP contribution >= 0.6 is 11.6 Å². The summed E-state index contributed by atoms with van der Waals surface area (Å²) in [6.07, 6.45) is 0. The van der Waals surface area contributed by atoms with E-state index in [1.54, 1.807) is 24.3 Å². The third kappa shape index (κ3) is 3.92. The fourth-order valence-electron chi connectivity index (χ4n) is 3.45. The minimum atomic E-state index is -4.26. The van der Waals surface area contributed by atoms with Crippen LogP contribution in [0.4, 0.5) is 10.5 Å². The Kier molecular flexibility index (Phi) is 5.62. The zero-order valence-corrected chi connectivity index (χ0v) is 18.8. The molecule has 0 radical (unpaired) electrons. The molecule has 0 atom stereocenters. The molecule has 4 rings (SSSR count). The molecule has 0 bridgehead atoms. The largest absolute Gasteiger partial charge is 0.422 e. The Labute approximate surface area is 189 Å². The highest BCUT2D eigenvalue weighted by molar-refractivity contribution is 7.93. The second-order valence-corrected chi connectivity index (χ2v) is 9.43. The number of carbonyl (C=O) groups excluding carboxylic acids is 1. The van der Waals surface area contributed by atoms with Gasteiger partial charge < -0.3 is 4.42 Å².